The number of alkyl halides is 3. The second kappa shape index (κ2) is 9.07. The second-order valence-corrected chi connectivity index (χ2v) is 10.8. The Balaban J connectivity index is 1.78. The monoisotopic (exact) mass is 502 g/mol. The average molecular weight is 503 g/mol. The van der Waals surface area contributed by atoms with E-state index in [0.29, 0.717) is 0 Å². The summed E-state index contributed by atoms with van der Waals surface area (Å²) in [6.07, 6.45) is 1.56. The summed E-state index contributed by atoms with van der Waals surface area (Å²) in [7, 11) is -5.74. The third-order valence-electron chi connectivity index (χ3n) is 5.47. The molecule has 0 radical (unpaired) electrons. The van der Waals surface area contributed by atoms with Crippen molar-refractivity contribution < 1.29 is 30.5 Å². The minimum Gasteiger partial charge on any atom is -0.488 e. The van der Waals surface area contributed by atoms with Crippen LogP contribution in [0.1, 0.15) is 49.4 Å². The summed E-state index contributed by atoms with van der Waals surface area (Å²) in [4.78, 5) is 0. The van der Waals surface area contributed by atoms with Crippen LogP contribution in [0.5, 0.6) is 11.5 Å². The number of benzene rings is 3. The maximum atomic E-state index is 12.7. The van der Waals surface area contributed by atoms with Gasteiger partial charge in [0.15, 0.2) is 0 Å². The second-order valence-electron chi connectivity index (χ2n) is 9.26. The molecule has 0 fully saturated rings. The van der Waals surface area contributed by atoms with Crippen molar-refractivity contribution in [3.05, 3.63) is 95.1 Å². The molecule has 4 nitrogen and oxygen atoms in total. The third kappa shape index (κ3) is 5.53. The zero-order chi connectivity index (χ0) is 25.4. The van der Waals surface area contributed by atoms with Crippen LogP contribution in [0, 0.1) is 0 Å². The Morgan fingerprint density at radius 1 is 0.771 bits per heavy atom. The molecule has 0 unspecified atom stereocenters. The van der Waals surface area contributed by atoms with E-state index in [2.05, 4.69) is 4.18 Å². The van der Waals surface area contributed by atoms with Crippen LogP contribution in [0.25, 0.3) is 11.1 Å². The number of hydrogen-bond donors (Lipinski definition) is 0. The first-order valence-electron chi connectivity index (χ1n) is 11.1. The minimum atomic E-state index is -5.74. The van der Waals surface area contributed by atoms with Crippen molar-refractivity contribution in [3.63, 3.8) is 0 Å². The summed E-state index contributed by atoms with van der Waals surface area (Å²) in [5.41, 5.74) is 0.0698. The SMILES string of the molecule is CC(C)(C)Oc1ccc2c(c1)CCC(c1ccccc1)=C2c1ccc(OS(=O)(=O)C(F)(F)F)cc1. The van der Waals surface area contributed by atoms with E-state index in [1.54, 1.807) is 12.1 Å². The summed E-state index contributed by atoms with van der Waals surface area (Å²) in [6, 6.07) is 21.4. The predicted molar refractivity (Wildman–Crippen MR) is 130 cm³/mol. The molecule has 0 saturated heterocycles. The van der Waals surface area contributed by atoms with Gasteiger partial charge in [-0.15, -0.1) is 0 Å². The van der Waals surface area contributed by atoms with Crippen LogP contribution < -0.4 is 8.92 Å². The number of allylic oxidation sites excluding steroid dienone is 1. The summed E-state index contributed by atoms with van der Waals surface area (Å²) in [5.74, 6) is 0.359. The van der Waals surface area contributed by atoms with Gasteiger partial charge in [0.1, 0.15) is 17.1 Å². The first-order valence-corrected chi connectivity index (χ1v) is 12.5. The molecule has 0 saturated carbocycles. The van der Waals surface area contributed by atoms with E-state index in [0.717, 1.165) is 52.0 Å². The summed E-state index contributed by atoms with van der Waals surface area (Å²) in [6.45, 7) is 5.94. The zero-order valence-corrected chi connectivity index (χ0v) is 20.3. The van der Waals surface area contributed by atoms with Crippen LogP contribution in [-0.2, 0) is 16.5 Å². The lowest BCUT2D eigenvalue weighted by Gasteiger charge is -2.27. The molecule has 0 atom stereocenters. The fraction of sp³-hybridized carbons (Fsp3) is 0.259. The van der Waals surface area contributed by atoms with Gasteiger partial charge < -0.3 is 8.92 Å². The highest BCUT2D eigenvalue weighted by molar-refractivity contribution is 7.88. The molecule has 3 aromatic rings. The molecule has 184 valence electrons. The van der Waals surface area contributed by atoms with Gasteiger partial charge in [-0.05, 0) is 91.3 Å². The van der Waals surface area contributed by atoms with Crippen LogP contribution >= 0.6 is 0 Å². The quantitative estimate of drug-likeness (QED) is 0.279. The Bertz CT molecular complexity index is 1350. The number of aryl methyl sites for hydroxylation is 1. The van der Waals surface area contributed by atoms with E-state index < -0.39 is 21.4 Å². The van der Waals surface area contributed by atoms with Crippen molar-refractivity contribution in [3.8, 4) is 11.5 Å². The molecule has 8 heteroatoms. The molecule has 0 spiro atoms. The smallest absolute Gasteiger partial charge is 0.488 e. The third-order valence-corrected chi connectivity index (χ3v) is 6.45. The Morgan fingerprint density at radius 2 is 1.40 bits per heavy atom. The Morgan fingerprint density at radius 3 is 2.00 bits per heavy atom. The molecule has 4 rings (SSSR count). The van der Waals surface area contributed by atoms with Crippen molar-refractivity contribution in [2.45, 2.75) is 44.7 Å². The molecule has 0 amide bonds. The number of rotatable bonds is 5. The van der Waals surface area contributed by atoms with E-state index in [1.807, 2.05) is 69.3 Å². The minimum absolute atomic E-state index is 0.344. The normalized spacial score (nSPS) is 14.5. The maximum Gasteiger partial charge on any atom is 0.534 e. The van der Waals surface area contributed by atoms with E-state index in [9.17, 15) is 21.6 Å². The first kappa shape index (κ1) is 24.9. The van der Waals surface area contributed by atoms with Gasteiger partial charge in [-0.3, -0.25) is 0 Å². The summed E-state index contributed by atoms with van der Waals surface area (Å²) < 4.78 is 71.1. The topological polar surface area (TPSA) is 52.6 Å². The zero-order valence-electron chi connectivity index (χ0n) is 19.5. The summed E-state index contributed by atoms with van der Waals surface area (Å²) in [5, 5.41) is 0. The van der Waals surface area contributed by atoms with Gasteiger partial charge >= 0.3 is 15.6 Å². The number of hydrogen-bond acceptors (Lipinski definition) is 4. The standard InChI is InChI=1S/C27H25F3O4S/c1-26(2,3)33-22-14-16-24-20(17-22)11-15-23(18-7-5-4-6-8-18)25(24)19-9-12-21(13-10-19)34-35(31,32)27(28,29)30/h4-10,12-14,16-17H,11,15H2,1-3H3. The predicted octanol–water partition coefficient (Wildman–Crippen LogP) is 7.00. The maximum absolute atomic E-state index is 12.7. The summed E-state index contributed by atoms with van der Waals surface area (Å²) >= 11 is 0. The molecule has 0 bridgehead atoms. The molecule has 1 aliphatic carbocycles. The molecule has 0 aliphatic heterocycles. The van der Waals surface area contributed by atoms with Gasteiger partial charge in [-0.25, -0.2) is 0 Å². The van der Waals surface area contributed by atoms with Crippen molar-refractivity contribution in [1.29, 1.82) is 0 Å². The number of fused-ring (bicyclic) bond motifs is 1. The lowest BCUT2D eigenvalue weighted by molar-refractivity contribution is -0.0500. The van der Waals surface area contributed by atoms with Gasteiger partial charge in [-0.2, -0.15) is 21.6 Å². The molecule has 3 aromatic carbocycles. The molecule has 35 heavy (non-hydrogen) atoms. The van der Waals surface area contributed by atoms with Crippen molar-refractivity contribution in [2.75, 3.05) is 0 Å². The van der Waals surface area contributed by atoms with Crippen LogP contribution in [0.2, 0.25) is 0 Å². The van der Waals surface area contributed by atoms with Gasteiger partial charge in [0.05, 0.1) is 0 Å². The van der Waals surface area contributed by atoms with Gasteiger partial charge in [0, 0.05) is 0 Å². The molecule has 0 heterocycles. The fourth-order valence-corrected chi connectivity index (χ4v) is 4.55. The highest BCUT2D eigenvalue weighted by Gasteiger charge is 2.48. The van der Waals surface area contributed by atoms with Crippen molar-refractivity contribution >= 4 is 21.3 Å². The van der Waals surface area contributed by atoms with Crippen LogP contribution in [0.15, 0.2) is 72.8 Å². The number of halogens is 3. The fourth-order valence-electron chi connectivity index (χ4n) is 4.09. The van der Waals surface area contributed by atoms with Crippen LogP contribution in [0.4, 0.5) is 13.2 Å². The van der Waals surface area contributed by atoms with Gasteiger partial charge in [0.2, 0.25) is 0 Å². The molecule has 1 aliphatic rings. The largest absolute Gasteiger partial charge is 0.534 e. The highest BCUT2D eigenvalue weighted by atomic mass is 32.2. The van der Waals surface area contributed by atoms with E-state index in [-0.39, 0.29) is 5.60 Å². The lowest BCUT2D eigenvalue weighted by atomic mass is 9.79. The Labute approximate surface area is 203 Å². The van der Waals surface area contributed by atoms with Gasteiger partial charge in [-0.1, -0.05) is 48.5 Å². The Hall–Kier alpha value is -3.26. The molecule has 0 aromatic heterocycles. The first-order chi connectivity index (χ1) is 16.3. The van der Waals surface area contributed by atoms with E-state index in [1.165, 1.54) is 12.1 Å². The average Bonchev–Trinajstić information content (AvgIpc) is 2.77. The van der Waals surface area contributed by atoms with Crippen LogP contribution in [0.3, 0.4) is 0 Å². The number of ether oxygens (including phenoxy) is 1. The lowest BCUT2D eigenvalue weighted by Crippen LogP contribution is -2.28. The van der Waals surface area contributed by atoms with Crippen molar-refractivity contribution in [2.24, 2.45) is 0 Å². The van der Waals surface area contributed by atoms with Gasteiger partial charge in [0.25, 0.3) is 0 Å². The molecular weight excluding hydrogens is 477 g/mol. The molecular formula is C27H25F3O4S. The Kier molecular flexibility index (Phi) is 6.44. The van der Waals surface area contributed by atoms with Crippen LogP contribution in [-0.4, -0.2) is 19.5 Å². The van der Waals surface area contributed by atoms with E-state index >= 15 is 0 Å². The van der Waals surface area contributed by atoms with Crippen molar-refractivity contribution in [1.82, 2.24) is 0 Å². The highest BCUT2D eigenvalue weighted by Crippen LogP contribution is 2.42. The molecule has 0 N–H and O–H groups in total. The van der Waals surface area contributed by atoms with E-state index in [4.69, 9.17) is 4.74 Å².